The van der Waals surface area contributed by atoms with Gasteiger partial charge in [0, 0.05) is 32.7 Å². The van der Waals surface area contributed by atoms with E-state index in [0.29, 0.717) is 26.1 Å². The SMILES string of the molecule is CCCN1C(=O)c2c(C(=O)NCCCN3CCOCC3)ncn2C[C@]1(C)C(=O)NCc1ccc(C)cc1. The summed E-state index contributed by atoms with van der Waals surface area (Å²) in [5, 5.41) is 5.91. The van der Waals surface area contributed by atoms with E-state index in [1.807, 2.05) is 38.1 Å². The Balaban J connectivity index is 1.43. The average molecular weight is 511 g/mol. The van der Waals surface area contributed by atoms with Gasteiger partial charge in [-0.3, -0.25) is 19.3 Å². The first-order valence-corrected chi connectivity index (χ1v) is 13.1. The van der Waals surface area contributed by atoms with Crippen LogP contribution in [0.4, 0.5) is 0 Å². The van der Waals surface area contributed by atoms with E-state index in [9.17, 15) is 14.4 Å². The number of nitrogens with zero attached hydrogens (tertiary/aromatic N) is 4. The molecule has 2 aromatic rings. The van der Waals surface area contributed by atoms with Gasteiger partial charge >= 0.3 is 0 Å². The van der Waals surface area contributed by atoms with Gasteiger partial charge in [-0.2, -0.15) is 0 Å². The van der Waals surface area contributed by atoms with Crippen molar-refractivity contribution in [1.29, 1.82) is 0 Å². The zero-order valence-electron chi connectivity index (χ0n) is 22.1. The molecule has 1 aromatic heterocycles. The molecule has 1 aromatic carbocycles. The van der Waals surface area contributed by atoms with E-state index >= 15 is 0 Å². The number of aryl methyl sites for hydroxylation is 1. The highest BCUT2D eigenvalue weighted by Crippen LogP contribution is 2.29. The van der Waals surface area contributed by atoms with Gasteiger partial charge in [-0.15, -0.1) is 0 Å². The Kier molecular flexibility index (Phi) is 8.60. The predicted molar refractivity (Wildman–Crippen MR) is 139 cm³/mol. The minimum absolute atomic E-state index is 0.111. The zero-order chi connectivity index (χ0) is 26.4. The van der Waals surface area contributed by atoms with Gasteiger partial charge in [0.25, 0.3) is 11.8 Å². The molecule has 10 heteroatoms. The summed E-state index contributed by atoms with van der Waals surface area (Å²) in [6.45, 7) is 11.4. The van der Waals surface area contributed by atoms with Crippen molar-refractivity contribution in [2.24, 2.45) is 0 Å². The number of carbonyl (C=O) groups is 3. The second-order valence-electron chi connectivity index (χ2n) is 10.0. The lowest BCUT2D eigenvalue weighted by Gasteiger charge is -2.43. The van der Waals surface area contributed by atoms with Crippen LogP contribution in [0.25, 0.3) is 0 Å². The number of hydrogen-bond donors (Lipinski definition) is 2. The molecule has 2 N–H and O–H groups in total. The lowest BCUT2D eigenvalue weighted by molar-refractivity contribution is -0.133. The molecule has 3 amide bonds. The molecule has 3 heterocycles. The highest BCUT2D eigenvalue weighted by atomic mass is 16.5. The molecule has 200 valence electrons. The summed E-state index contributed by atoms with van der Waals surface area (Å²) in [6, 6.07) is 7.97. The van der Waals surface area contributed by atoms with Gasteiger partial charge in [0.05, 0.1) is 26.1 Å². The number of carbonyl (C=O) groups excluding carboxylic acids is 3. The summed E-state index contributed by atoms with van der Waals surface area (Å²) in [5.41, 5.74) is 1.39. The fourth-order valence-corrected chi connectivity index (χ4v) is 4.92. The molecule has 10 nitrogen and oxygen atoms in total. The van der Waals surface area contributed by atoms with E-state index in [0.717, 1.165) is 50.4 Å². The van der Waals surface area contributed by atoms with Crippen LogP contribution in [0.3, 0.4) is 0 Å². The maximum Gasteiger partial charge on any atom is 0.273 e. The average Bonchev–Trinajstić information content (AvgIpc) is 3.32. The molecule has 2 aliphatic rings. The summed E-state index contributed by atoms with van der Waals surface area (Å²) in [5.74, 6) is -0.951. The van der Waals surface area contributed by atoms with E-state index < -0.39 is 5.54 Å². The maximum atomic E-state index is 13.6. The van der Waals surface area contributed by atoms with Gasteiger partial charge in [0.1, 0.15) is 11.2 Å². The number of nitrogens with one attached hydrogen (secondary N) is 2. The third kappa shape index (κ3) is 6.02. The molecular weight excluding hydrogens is 472 g/mol. The van der Waals surface area contributed by atoms with Crippen LogP contribution in [0.2, 0.25) is 0 Å². The number of ether oxygens (including phenoxy) is 1. The van der Waals surface area contributed by atoms with Crippen molar-refractivity contribution < 1.29 is 19.1 Å². The Hall–Kier alpha value is -3.24. The smallest absolute Gasteiger partial charge is 0.273 e. The standard InChI is InChI=1S/C27H38N6O4/c1-4-11-33-25(35)23-22(24(34)28-10-5-12-31-13-15-37-16-14-31)30-19-32(23)18-27(33,3)26(36)29-17-21-8-6-20(2)7-9-21/h6-9,19H,4-5,10-18H2,1-3H3,(H,28,34)(H,29,36)/t27-/m1/s1. The number of morpholine rings is 1. The molecule has 2 aliphatic heterocycles. The van der Waals surface area contributed by atoms with Gasteiger partial charge in [0.15, 0.2) is 5.69 Å². The van der Waals surface area contributed by atoms with Crippen LogP contribution >= 0.6 is 0 Å². The van der Waals surface area contributed by atoms with Crippen LogP contribution in [-0.2, 0) is 22.6 Å². The van der Waals surface area contributed by atoms with E-state index in [4.69, 9.17) is 4.74 Å². The lowest BCUT2D eigenvalue weighted by atomic mass is 9.93. The maximum absolute atomic E-state index is 13.6. The monoisotopic (exact) mass is 510 g/mol. The number of fused-ring (bicyclic) bond motifs is 1. The van der Waals surface area contributed by atoms with Crippen molar-refractivity contribution in [3.63, 3.8) is 0 Å². The second kappa shape index (κ2) is 11.9. The third-order valence-electron chi connectivity index (χ3n) is 7.12. The fraction of sp³-hybridized carbons (Fsp3) is 0.556. The first-order valence-electron chi connectivity index (χ1n) is 13.1. The molecule has 0 unspecified atom stereocenters. The summed E-state index contributed by atoms with van der Waals surface area (Å²) in [6.07, 6.45) is 2.98. The third-order valence-corrected chi connectivity index (χ3v) is 7.12. The van der Waals surface area contributed by atoms with Crippen molar-refractivity contribution in [2.75, 3.05) is 45.9 Å². The molecule has 4 rings (SSSR count). The van der Waals surface area contributed by atoms with Gasteiger partial charge in [0.2, 0.25) is 5.91 Å². The summed E-state index contributed by atoms with van der Waals surface area (Å²) < 4.78 is 7.01. The molecule has 1 saturated heterocycles. The number of aromatic nitrogens is 2. The van der Waals surface area contributed by atoms with Crippen LogP contribution in [0.5, 0.6) is 0 Å². The van der Waals surface area contributed by atoms with Crippen molar-refractivity contribution in [3.8, 4) is 0 Å². The van der Waals surface area contributed by atoms with Crippen LogP contribution in [0, 0.1) is 6.92 Å². The summed E-state index contributed by atoms with van der Waals surface area (Å²) in [7, 11) is 0. The Morgan fingerprint density at radius 1 is 1.11 bits per heavy atom. The van der Waals surface area contributed by atoms with Gasteiger partial charge in [-0.1, -0.05) is 36.8 Å². The molecule has 1 fully saturated rings. The first-order chi connectivity index (χ1) is 17.8. The van der Waals surface area contributed by atoms with Crippen LogP contribution < -0.4 is 10.6 Å². The Bertz CT molecular complexity index is 1110. The number of amides is 3. The van der Waals surface area contributed by atoms with Crippen LogP contribution in [0.15, 0.2) is 30.6 Å². The molecule has 37 heavy (non-hydrogen) atoms. The molecule has 0 bridgehead atoms. The number of hydrogen-bond acceptors (Lipinski definition) is 6. The fourth-order valence-electron chi connectivity index (χ4n) is 4.92. The van der Waals surface area contributed by atoms with E-state index in [-0.39, 0.29) is 35.7 Å². The molecule has 0 spiro atoms. The van der Waals surface area contributed by atoms with Crippen molar-refractivity contribution in [1.82, 2.24) is 30.0 Å². The second-order valence-corrected chi connectivity index (χ2v) is 10.0. The number of imidazole rings is 1. The van der Waals surface area contributed by atoms with Crippen LogP contribution in [0.1, 0.15) is 58.8 Å². The van der Waals surface area contributed by atoms with Gasteiger partial charge in [-0.05, 0) is 38.8 Å². The quantitative estimate of drug-likeness (QED) is 0.470. The van der Waals surface area contributed by atoms with E-state index in [1.54, 1.807) is 16.4 Å². The molecular formula is C27H38N6O4. The minimum atomic E-state index is -1.10. The number of rotatable bonds is 10. The predicted octanol–water partition coefficient (Wildman–Crippen LogP) is 1.58. The van der Waals surface area contributed by atoms with Gasteiger partial charge < -0.3 is 24.8 Å². The van der Waals surface area contributed by atoms with Gasteiger partial charge in [-0.25, -0.2) is 4.98 Å². The van der Waals surface area contributed by atoms with Crippen molar-refractivity contribution in [2.45, 2.75) is 52.2 Å². The first kappa shape index (κ1) is 26.8. The molecule has 0 aliphatic carbocycles. The summed E-state index contributed by atoms with van der Waals surface area (Å²) in [4.78, 5) is 48.2. The number of benzene rings is 1. The van der Waals surface area contributed by atoms with E-state index in [1.165, 1.54) is 6.33 Å². The Labute approximate surface area is 218 Å². The highest BCUT2D eigenvalue weighted by molar-refractivity contribution is 6.07. The molecule has 1 atom stereocenters. The Morgan fingerprint density at radius 3 is 2.54 bits per heavy atom. The summed E-state index contributed by atoms with van der Waals surface area (Å²) >= 11 is 0. The minimum Gasteiger partial charge on any atom is -0.379 e. The van der Waals surface area contributed by atoms with Crippen molar-refractivity contribution in [3.05, 3.63) is 53.1 Å². The normalized spacial score (nSPS) is 20.0. The highest BCUT2D eigenvalue weighted by Gasteiger charge is 2.48. The zero-order valence-corrected chi connectivity index (χ0v) is 22.1. The topological polar surface area (TPSA) is 109 Å². The van der Waals surface area contributed by atoms with Crippen molar-refractivity contribution >= 4 is 17.7 Å². The molecule has 0 saturated carbocycles. The lowest BCUT2D eigenvalue weighted by Crippen LogP contribution is -2.64. The molecule has 0 radical (unpaired) electrons. The Morgan fingerprint density at radius 2 is 1.84 bits per heavy atom. The van der Waals surface area contributed by atoms with E-state index in [2.05, 4.69) is 20.5 Å². The van der Waals surface area contributed by atoms with Crippen LogP contribution in [-0.4, -0.2) is 88.5 Å². The largest absolute Gasteiger partial charge is 0.379 e.